The van der Waals surface area contributed by atoms with Gasteiger partial charge in [-0.2, -0.15) is 11.8 Å². The Morgan fingerprint density at radius 2 is 2.13 bits per heavy atom. The molecular formula is C13H21NS. The second kappa shape index (κ2) is 6.78. The van der Waals surface area contributed by atoms with Gasteiger partial charge in [-0.3, -0.25) is 0 Å². The maximum atomic E-state index is 3.46. The third-order valence-corrected chi connectivity index (χ3v) is 3.10. The minimum Gasteiger partial charge on any atom is -0.385 e. The van der Waals surface area contributed by atoms with Crippen molar-refractivity contribution in [1.82, 2.24) is 0 Å². The Morgan fingerprint density at radius 3 is 2.80 bits per heavy atom. The molecule has 0 spiro atoms. The van der Waals surface area contributed by atoms with Gasteiger partial charge in [-0.05, 0) is 42.0 Å². The van der Waals surface area contributed by atoms with Gasteiger partial charge in [-0.1, -0.05) is 26.0 Å². The van der Waals surface area contributed by atoms with E-state index in [1.807, 2.05) is 11.8 Å². The SMILES string of the molecule is CSCCCNc1cccc(C(C)C)c1. The molecule has 1 N–H and O–H groups in total. The second-order valence-electron chi connectivity index (χ2n) is 4.05. The molecule has 84 valence electrons. The van der Waals surface area contributed by atoms with Crippen LogP contribution in [0.4, 0.5) is 5.69 Å². The number of anilines is 1. The fourth-order valence-electron chi connectivity index (χ4n) is 1.46. The minimum absolute atomic E-state index is 0.609. The number of thioether (sulfide) groups is 1. The van der Waals surface area contributed by atoms with Crippen molar-refractivity contribution in [2.45, 2.75) is 26.2 Å². The summed E-state index contributed by atoms with van der Waals surface area (Å²) in [6.07, 6.45) is 3.38. The summed E-state index contributed by atoms with van der Waals surface area (Å²) in [6.45, 7) is 5.53. The number of benzene rings is 1. The van der Waals surface area contributed by atoms with E-state index in [9.17, 15) is 0 Å². The maximum Gasteiger partial charge on any atom is 0.0343 e. The topological polar surface area (TPSA) is 12.0 Å². The summed E-state index contributed by atoms with van der Waals surface area (Å²) in [7, 11) is 0. The maximum absolute atomic E-state index is 3.46. The van der Waals surface area contributed by atoms with Gasteiger partial charge in [-0.15, -0.1) is 0 Å². The molecule has 0 bridgehead atoms. The number of hydrogen-bond donors (Lipinski definition) is 1. The summed E-state index contributed by atoms with van der Waals surface area (Å²) in [5, 5.41) is 3.46. The van der Waals surface area contributed by atoms with Crippen molar-refractivity contribution in [2.75, 3.05) is 23.9 Å². The van der Waals surface area contributed by atoms with E-state index < -0.39 is 0 Å². The zero-order valence-corrected chi connectivity index (χ0v) is 10.7. The molecule has 1 aromatic rings. The molecule has 0 aromatic heterocycles. The van der Waals surface area contributed by atoms with Gasteiger partial charge in [-0.25, -0.2) is 0 Å². The molecule has 0 aliphatic rings. The highest BCUT2D eigenvalue weighted by molar-refractivity contribution is 7.98. The van der Waals surface area contributed by atoms with Crippen molar-refractivity contribution < 1.29 is 0 Å². The van der Waals surface area contributed by atoms with E-state index in [-0.39, 0.29) is 0 Å². The van der Waals surface area contributed by atoms with E-state index in [1.165, 1.54) is 23.4 Å². The molecule has 0 unspecified atom stereocenters. The molecule has 0 radical (unpaired) electrons. The molecule has 0 aliphatic carbocycles. The largest absolute Gasteiger partial charge is 0.385 e. The number of rotatable bonds is 6. The highest BCUT2D eigenvalue weighted by Crippen LogP contribution is 2.18. The predicted molar refractivity (Wildman–Crippen MR) is 72.0 cm³/mol. The van der Waals surface area contributed by atoms with Crippen LogP contribution in [-0.4, -0.2) is 18.6 Å². The van der Waals surface area contributed by atoms with Crippen LogP contribution < -0.4 is 5.32 Å². The normalized spacial score (nSPS) is 10.7. The van der Waals surface area contributed by atoms with E-state index in [1.54, 1.807) is 0 Å². The first-order valence-corrected chi connectivity index (χ1v) is 6.96. The number of nitrogens with one attached hydrogen (secondary N) is 1. The minimum atomic E-state index is 0.609. The Morgan fingerprint density at radius 1 is 1.33 bits per heavy atom. The summed E-state index contributed by atoms with van der Waals surface area (Å²) >= 11 is 1.90. The molecule has 0 aliphatic heterocycles. The average Bonchev–Trinajstić information content (AvgIpc) is 2.25. The Labute approximate surface area is 97.7 Å². The van der Waals surface area contributed by atoms with Gasteiger partial charge in [0, 0.05) is 12.2 Å². The molecule has 0 saturated heterocycles. The van der Waals surface area contributed by atoms with Crippen LogP contribution in [0.15, 0.2) is 24.3 Å². The lowest BCUT2D eigenvalue weighted by atomic mass is 10.0. The Hall–Kier alpha value is -0.630. The molecule has 1 rings (SSSR count). The van der Waals surface area contributed by atoms with Crippen LogP contribution >= 0.6 is 11.8 Å². The lowest BCUT2D eigenvalue weighted by Gasteiger charge is -2.10. The Kier molecular flexibility index (Phi) is 5.62. The summed E-state index contributed by atoms with van der Waals surface area (Å²) in [5.74, 6) is 1.84. The second-order valence-corrected chi connectivity index (χ2v) is 5.04. The fraction of sp³-hybridized carbons (Fsp3) is 0.538. The summed E-state index contributed by atoms with van der Waals surface area (Å²) in [6, 6.07) is 8.72. The first kappa shape index (κ1) is 12.4. The quantitative estimate of drug-likeness (QED) is 0.732. The van der Waals surface area contributed by atoms with Crippen LogP contribution in [0.1, 0.15) is 31.7 Å². The van der Waals surface area contributed by atoms with Gasteiger partial charge in [0.05, 0.1) is 0 Å². The van der Waals surface area contributed by atoms with Gasteiger partial charge in [0.25, 0.3) is 0 Å². The lowest BCUT2D eigenvalue weighted by Crippen LogP contribution is -2.02. The highest BCUT2D eigenvalue weighted by atomic mass is 32.2. The fourth-order valence-corrected chi connectivity index (χ4v) is 1.89. The molecule has 1 aromatic carbocycles. The van der Waals surface area contributed by atoms with Gasteiger partial charge in [0.2, 0.25) is 0 Å². The van der Waals surface area contributed by atoms with Crippen LogP contribution in [-0.2, 0) is 0 Å². The van der Waals surface area contributed by atoms with Crippen molar-refractivity contribution in [3.63, 3.8) is 0 Å². The lowest BCUT2D eigenvalue weighted by molar-refractivity contribution is 0.866. The summed E-state index contributed by atoms with van der Waals surface area (Å²) in [4.78, 5) is 0. The van der Waals surface area contributed by atoms with Crippen molar-refractivity contribution in [1.29, 1.82) is 0 Å². The van der Waals surface area contributed by atoms with Crippen LogP contribution in [0.5, 0.6) is 0 Å². The van der Waals surface area contributed by atoms with Gasteiger partial charge < -0.3 is 5.32 Å². The number of hydrogen-bond acceptors (Lipinski definition) is 2. The molecule has 0 heterocycles. The van der Waals surface area contributed by atoms with E-state index in [0.29, 0.717) is 5.92 Å². The first-order valence-electron chi connectivity index (χ1n) is 5.57. The van der Waals surface area contributed by atoms with Crippen LogP contribution in [0.25, 0.3) is 0 Å². The third kappa shape index (κ3) is 4.61. The smallest absolute Gasteiger partial charge is 0.0343 e. The molecule has 2 heteroatoms. The molecule has 0 amide bonds. The van der Waals surface area contributed by atoms with Gasteiger partial charge >= 0.3 is 0 Å². The van der Waals surface area contributed by atoms with E-state index in [2.05, 4.69) is 49.7 Å². The van der Waals surface area contributed by atoms with Crippen molar-refractivity contribution in [3.8, 4) is 0 Å². The first-order chi connectivity index (χ1) is 7.24. The van der Waals surface area contributed by atoms with Crippen molar-refractivity contribution >= 4 is 17.4 Å². The van der Waals surface area contributed by atoms with Gasteiger partial charge in [0.1, 0.15) is 0 Å². The Balaban J connectivity index is 2.43. The molecule has 0 atom stereocenters. The summed E-state index contributed by atoms with van der Waals surface area (Å²) in [5.41, 5.74) is 2.66. The van der Waals surface area contributed by atoms with Crippen molar-refractivity contribution in [2.24, 2.45) is 0 Å². The van der Waals surface area contributed by atoms with E-state index in [4.69, 9.17) is 0 Å². The average molecular weight is 223 g/mol. The predicted octanol–water partition coefficient (Wildman–Crippen LogP) is 3.98. The van der Waals surface area contributed by atoms with Gasteiger partial charge in [0.15, 0.2) is 0 Å². The molecule has 0 saturated carbocycles. The van der Waals surface area contributed by atoms with Crippen LogP contribution in [0.3, 0.4) is 0 Å². The highest BCUT2D eigenvalue weighted by Gasteiger charge is 1.99. The van der Waals surface area contributed by atoms with Crippen molar-refractivity contribution in [3.05, 3.63) is 29.8 Å². The molecule has 15 heavy (non-hydrogen) atoms. The molecule has 1 nitrogen and oxygen atoms in total. The monoisotopic (exact) mass is 223 g/mol. The van der Waals surface area contributed by atoms with E-state index in [0.717, 1.165) is 6.54 Å². The summed E-state index contributed by atoms with van der Waals surface area (Å²) < 4.78 is 0. The van der Waals surface area contributed by atoms with Crippen LogP contribution in [0, 0.1) is 0 Å². The van der Waals surface area contributed by atoms with Crippen LogP contribution in [0.2, 0.25) is 0 Å². The molecule has 0 fully saturated rings. The Bertz CT molecular complexity index is 284. The zero-order valence-electron chi connectivity index (χ0n) is 9.92. The zero-order chi connectivity index (χ0) is 11.1. The standard InChI is InChI=1S/C13H21NS/c1-11(2)12-6-4-7-13(10-12)14-8-5-9-15-3/h4,6-7,10-11,14H,5,8-9H2,1-3H3. The molecular weight excluding hydrogens is 202 g/mol. The third-order valence-electron chi connectivity index (χ3n) is 2.41. The van der Waals surface area contributed by atoms with E-state index >= 15 is 0 Å².